The van der Waals surface area contributed by atoms with Gasteiger partial charge in [-0.2, -0.15) is 0 Å². The quantitative estimate of drug-likeness (QED) is 0.182. The molecule has 0 bridgehead atoms. The number of anilines is 3. The Hall–Kier alpha value is -5.94. The summed E-state index contributed by atoms with van der Waals surface area (Å²) >= 11 is 0. The lowest BCUT2D eigenvalue weighted by Gasteiger charge is -2.43. The smallest absolute Gasteiger partial charge is 0.255 e. The van der Waals surface area contributed by atoms with Crippen LogP contribution in [0.25, 0.3) is 22.3 Å². The number of amides is 3. The van der Waals surface area contributed by atoms with Gasteiger partial charge in [0.05, 0.1) is 23.6 Å². The number of benzene rings is 2. The molecule has 0 saturated carbocycles. The van der Waals surface area contributed by atoms with Crippen molar-refractivity contribution in [2.75, 3.05) is 49.5 Å². The molecule has 3 amide bonds. The number of imidazole rings is 1. The monoisotopic (exact) mass is 821 g/mol. The second kappa shape index (κ2) is 15.9. The fraction of sp³-hybridized carbons (Fsp3) is 0.419. The fourth-order valence-corrected chi connectivity index (χ4v) is 9.24. The Balaban J connectivity index is 0.768. The van der Waals surface area contributed by atoms with Gasteiger partial charge in [-0.05, 0) is 95.1 Å². The van der Waals surface area contributed by atoms with Crippen LogP contribution in [0.1, 0.15) is 72.9 Å². The van der Waals surface area contributed by atoms with Crippen LogP contribution in [-0.2, 0) is 22.7 Å². The van der Waals surface area contributed by atoms with Gasteiger partial charge in [-0.1, -0.05) is 0 Å². The van der Waals surface area contributed by atoms with Gasteiger partial charge in [0.1, 0.15) is 34.7 Å². The number of piperidine rings is 2. The molecule has 3 fully saturated rings. The molecule has 0 aliphatic carbocycles. The van der Waals surface area contributed by atoms with E-state index in [-0.39, 0.29) is 65.5 Å². The zero-order valence-electron chi connectivity index (χ0n) is 33.7. The average Bonchev–Trinajstić information content (AvgIpc) is 3.74. The lowest BCUT2D eigenvalue weighted by atomic mass is 10.0. The number of aryl methyl sites for hydroxylation is 1. The van der Waals surface area contributed by atoms with Crippen molar-refractivity contribution in [2.24, 2.45) is 0 Å². The number of carbonyl (C=O) groups is 3. The highest BCUT2D eigenvalue weighted by atomic mass is 19.1. The first kappa shape index (κ1) is 39.5. The minimum Gasteiger partial charge on any atom is -0.368 e. The summed E-state index contributed by atoms with van der Waals surface area (Å²) in [6.45, 7) is 11.6. The van der Waals surface area contributed by atoms with E-state index < -0.39 is 29.4 Å². The predicted molar refractivity (Wildman–Crippen MR) is 218 cm³/mol. The molecule has 4 aliphatic heterocycles. The SMILES string of the molecule is Cc1nc2c(F)cc(-c3nc(Nc4ccc(N5CCN(C6CCN(Cc7cc8c(cc7F)C(=O)N(C7CCC(=O)NC7=O)C8)CC6)CC5)cn4)ncc3F)cc2n1C(C)C. The Morgan fingerprint density at radius 2 is 1.65 bits per heavy atom. The van der Waals surface area contributed by atoms with E-state index in [1.54, 1.807) is 18.3 Å². The summed E-state index contributed by atoms with van der Waals surface area (Å²) in [5.74, 6) is -1.56. The Morgan fingerprint density at radius 3 is 2.37 bits per heavy atom. The number of pyridine rings is 1. The van der Waals surface area contributed by atoms with Crippen molar-refractivity contribution in [2.45, 2.75) is 77.7 Å². The third-order valence-electron chi connectivity index (χ3n) is 12.3. The number of imide groups is 1. The van der Waals surface area contributed by atoms with Gasteiger partial charge in [-0.15, -0.1) is 0 Å². The second-order valence-corrected chi connectivity index (χ2v) is 16.4. The van der Waals surface area contributed by atoms with Gasteiger partial charge >= 0.3 is 0 Å². The number of nitrogens with zero attached hydrogens (tertiary/aromatic N) is 9. The van der Waals surface area contributed by atoms with Gasteiger partial charge in [0, 0.05) is 74.5 Å². The number of hydrogen-bond donors (Lipinski definition) is 2. The van der Waals surface area contributed by atoms with E-state index in [1.807, 2.05) is 37.5 Å². The number of halogens is 3. The number of fused-ring (bicyclic) bond motifs is 2. The van der Waals surface area contributed by atoms with Crippen molar-refractivity contribution in [3.8, 4) is 11.3 Å². The Bertz CT molecular complexity index is 2500. The van der Waals surface area contributed by atoms with E-state index in [0.717, 1.165) is 64.0 Å². The van der Waals surface area contributed by atoms with Crippen LogP contribution in [0.3, 0.4) is 0 Å². The molecule has 2 aromatic carbocycles. The molecular weight excluding hydrogens is 776 g/mol. The van der Waals surface area contributed by atoms with Crippen LogP contribution in [0.15, 0.2) is 48.8 Å². The van der Waals surface area contributed by atoms with Gasteiger partial charge in [0.25, 0.3) is 5.91 Å². The third kappa shape index (κ3) is 7.55. The molecule has 1 atom stereocenters. The maximum atomic E-state index is 15.3. The first-order chi connectivity index (χ1) is 28.9. The van der Waals surface area contributed by atoms with Crippen molar-refractivity contribution in [3.63, 3.8) is 0 Å². The molecular formula is C43H46F3N11O3. The molecule has 5 aromatic rings. The molecule has 3 saturated heterocycles. The third-order valence-corrected chi connectivity index (χ3v) is 12.3. The Labute approximate surface area is 344 Å². The molecule has 14 nitrogen and oxygen atoms in total. The first-order valence-corrected chi connectivity index (χ1v) is 20.5. The van der Waals surface area contributed by atoms with E-state index >= 15 is 13.2 Å². The van der Waals surface area contributed by atoms with E-state index in [4.69, 9.17) is 0 Å². The van der Waals surface area contributed by atoms with Gasteiger partial charge in [0.2, 0.25) is 17.8 Å². The van der Waals surface area contributed by atoms with E-state index in [2.05, 4.69) is 45.3 Å². The lowest BCUT2D eigenvalue weighted by Crippen LogP contribution is -2.53. The highest BCUT2D eigenvalue weighted by Crippen LogP contribution is 2.33. The number of rotatable bonds is 9. The summed E-state index contributed by atoms with van der Waals surface area (Å²) in [6.07, 6.45) is 5.23. The van der Waals surface area contributed by atoms with Crippen LogP contribution < -0.4 is 15.5 Å². The molecule has 3 aromatic heterocycles. The van der Waals surface area contributed by atoms with Crippen LogP contribution in [0.4, 0.5) is 30.6 Å². The predicted octanol–water partition coefficient (Wildman–Crippen LogP) is 5.49. The summed E-state index contributed by atoms with van der Waals surface area (Å²) in [5, 5.41) is 5.36. The van der Waals surface area contributed by atoms with Crippen LogP contribution in [0, 0.1) is 24.4 Å². The summed E-state index contributed by atoms with van der Waals surface area (Å²) in [7, 11) is 0. The van der Waals surface area contributed by atoms with Crippen LogP contribution in [0.5, 0.6) is 0 Å². The first-order valence-electron chi connectivity index (χ1n) is 20.5. The lowest BCUT2D eigenvalue weighted by molar-refractivity contribution is -0.136. The van der Waals surface area contributed by atoms with Crippen LogP contribution in [0.2, 0.25) is 0 Å². The maximum Gasteiger partial charge on any atom is 0.255 e. The Kier molecular flexibility index (Phi) is 10.5. The standard InChI is InChI=1S/C43H46F3N11O3/c1-24(2)57-25(3)49-40-33(45)17-26(18-36(40)57)39-34(46)21-48-43(52-39)50-37-6-4-30(20-47-37)55-14-12-54(13-15-55)29-8-10-53(11-9-29)22-28-16-27-23-56(42(60)31(27)19-32(28)44)35-5-7-38(58)51-41(35)59/h4,6,16-21,24,29,35H,5,7-15,22-23H2,1-3H3,(H,51,58,59)(H,47,48,50,52). The van der Waals surface area contributed by atoms with Crippen molar-refractivity contribution in [1.29, 1.82) is 0 Å². The molecule has 0 spiro atoms. The van der Waals surface area contributed by atoms with E-state index in [0.29, 0.717) is 40.9 Å². The zero-order chi connectivity index (χ0) is 41.8. The molecule has 60 heavy (non-hydrogen) atoms. The summed E-state index contributed by atoms with van der Waals surface area (Å²) in [4.78, 5) is 63.1. The number of likely N-dealkylation sites (tertiary alicyclic amines) is 1. The van der Waals surface area contributed by atoms with Gasteiger partial charge < -0.3 is 19.7 Å². The number of nitrogens with one attached hydrogen (secondary N) is 2. The van der Waals surface area contributed by atoms with Gasteiger partial charge in [-0.25, -0.2) is 33.1 Å². The number of hydrogen-bond acceptors (Lipinski definition) is 11. The molecule has 312 valence electrons. The zero-order valence-corrected chi connectivity index (χ0v) is 33.7. The largest absolute Gasteiger partial charge is 0.368 e. The van der Waals surface area contributed by atoms with Crippen molar-refractivity contribution in [1.82, 2.24) is 44.5 Å². The molecule has 17 heteroatoms. The molecule has 1 unspecified atom stereocenters. The summed E-state index contributed by atoms with van der Waals surface area (Å²) in [6, 6.07) is 9.56. The van der Waals surface area contributed by atoms with E-state index in [9.17, 15) is 14.4 Å². The molecule has 4 aliphatic rings. The number of carbonyl (C=O) groups excluding carboxylic acids is 3. The van der Waals surface area contributed by atoms with Crippen molar-refractivity contribution >= 4 is 46.2 Å². The number of aromatic nitrogens is 5. The van der Waals surface area contributed by atoms with Crippen molar-refractivity contribution < 1.29 is 27.6 Å². The normalized spacial score (nSPS) is 19.4. The minimum absolute atomic E-state index is 0.0315. The van der Waals surface area contributed by atoms with E-state index in [1.165, 1.54) is 17.0 Å². The molecule has 7 heterocycles. The fourth-order valence-electron chi connectivity index (χ4n) is 9.24. The second-order valence-electron chi connectivity index (χ2n) is 16.4. The molecule has 9 rings (SSSR count). The average molecular weight is 822 g/mol. The van der Waals surface area contributed by atoms with Crippen LogP contribution in [-0.4, -0.2) is 108 Å². The highest BCUT2D eigenvalue weighted by Gasteiger charge is 2.40. The molecule has 0 radical (unpaired) electrons. The maximum absolute atomic E-state index is 15.3. The molecule has 2 N–H and O–H groups in total. The highest BCUT2D eigenvalue weighted by molar-refractivity contribution is 6.05. The number of piperazine rings is 1. The van der Waals surface area contributed by atoms with Crippen LogP contribution >= 0.6 is 0 Å². The topological polar surface area (TPSA) is 145 Å². The Morgan fingerprint density at radius 1 is 0.867 bits per heavy atom. The summed E-state index contributed by atoms with van der Waals surface area (Å²) in [5.41, 5.74) is 3.57. The van der Waals surface area contributed by atoms with Crippen molar-refractivity contribution in [3.05, 3.63) is 88.8 Å². The van der Waals surface area contributed by atoms with Gasteiger partial charge in [0.15, 0.2) is 11.6 Å². The van der Waals surface area contributed by atoms with Gasteiger partial charge in [-0.3, -0.25) is 29.5 Å². The minimum atomic E-state index is -0.732. The summed E-state index contributed by atoms with van der Waals surface area (Å²) < 4.78 is 47.5.